The molecule has 0 fully saturated rings. The maximum atomic E-state index is 4.61. The SMILES string of the molecule is C=C=C=C=C=C=C=CC1(CCCCCCCC)c2cc(C)ccc2-c2ccc(-c3ccc(-c4ccc(C)cn4)cc3)cc21. The summed E-state index contributed by atoms with van der Waals surface area (Å²) in [7, 11) is 0. The molecule has 0 saturated heterocycles. The minimum atomic E-state index is -0.296. The first-order valence-corrected chi connectivity index (χ1v) is 15.5. The fraction of sp³-hybridized carbons (Fsp3) is 0.262. The third-order valence-corrected chi connectivity index (χ3v) is 8.46. The molecule has 3 aromatic carbocycles. The largest absolute Gasteiger partial charge is 0.256 e. The van der Waals surface area contributed by atoms with Crippen molar-refractivity contribution in [3.05, 3.63) is 148 Å². The van der Waals surface area contributed by atoms with Crippen molar-refractivity contribution in [2.45, 2.75) is 71.1 Å². The van der Waals surface area contributed by atoms with E-state index >= 15 is 0 Å². The molecule has 43 heavy (non-hydrogen) atoms. The molecule has 0 aliphatic heterocycles. The number of hydrogen-bond donors (Lipinski definition) is 0. The van der Waals surface area contributed by atoms with Gasteiger partial charge >= 0.3 is 0 Å². The first kappa shape index (κ1) is 29.7. The van der Waals surface area contributed by atoms with Crippen LogP contribution in [-0.4, -0.2) is 4.98 Å². The van der Waals surface area contributed by atoms with Gasteiger partial charge in [-0.3, -0.25) is 4.98 Å². The lowest BCUT2D eigenvalue weighted by Gasteiger charge is -2.29. The summed E-state index contributed by atoms with van der Waals surface area (Å²) in [5.74, 6) is 0. The van der Waals surface area contributed by atoms with Gasteiger partial charge in [-0.2, -0.15) is 0 Å². The number of fused-ring (bicyclic) bond motifs is 3. The predicted molar refractivity (Wildman–Crippen MR) is 180 cm³/mol. The van der Waals surface area contributed by atoms with E-state index in [0.717, 1.165) is 24.1 Å². The lowest BCUT2D eigenvalue weighted by Crippen LogP contribution is -2.22. The number of benzene rings is 3. The molecule has 1 nitrogen and oxygen atoms in total. The number of aromatic nitrogens is 1. The average molecular weight is 558 g/mol. The lowest BCUT2D eigenvalue weighted by molar-refractivity contribution is 0.518. The fourth-order valence-electron chi connectivity index (χ4n) is 6.19. The number of unbranched alkanes of at least 4 members (excludes halogenated alkanes) is 5. The number of hydrogen-bond acceptors (Lipinski definition) is 1. The standard InChI is InChI=1S/C42H39N/c1-5-7-9-11-13-15-27-42(28-16-14-12-10-8-6-2)39-29-32(3)17-24-37(39)38-25-23-36(30-40(38)42)34-19-21-35(22-20-34)41-26-18-33(4)31-43-41/h17-27,29-31H,1,6,8,10,12,14,16,28H2,2-4H3. The molecule has 212 valence electrons. The topological polar surface area (TPSA) is 12.9 Å². The molecule has 1 unspecified atom stereocenters. The van der Waals surface area contributed by atoms with E-state index < -0.39 is 0 Å². The van der Waals surface area contributed by atoms with E-state index in [0.29, 0.717) is 0 Å². The maximum absolute atomic E-state index is 4.61. The molecule has 0 bridgehead atoms. The van der Waals surface area contributed by atoms with Gasteiger partial charge in [0.2, 0.25) is 0 Å². The maximum Gasteiger partial charge on any atom is 0.0702 e. The smallest absolute Gasteiger partial charge is 0.0702 e. The van der Waals surface area contributed by atoms with Crippen LogP contribution in [0.1, 0.15) is 74.1 Å². The Morgan fingerprint density at radius 3 is 2.07 bits per heavy atom. The van der Waals surface area contributed by atoms with Crippen molar-refractivity contribution in [2.75, 3.05) is 0 Å². The molecule has 1 aliphatic carbocycles. The van der Waals surface area contributed by atoms with Crippen LogP contribution in [0.4, 0.5) is 0 Å². The van der Waals surface area contributed by atoms with Gasteiger partial charge in [0.25, 0.3) is 0 Å². The van der Waals surface area contributed by atoms with E-state index in [-0.39, 0.29) is 5.41 Å². The summed E-state index contributed by atoms with van der Waals surface area (Å²) in [5, 5.41) is 0. The van der Waals surface area contributed by atoms with Gasteiger partial charge in [-0.15, -0.1) is 0 Å². The van der Waals surface area contributed by atoms with Crippen LogP contribution in [0.2, 0.25) is 0 Å². The summed E-state index contributed by atoms with van der Waals surface area (Å²) in [5.41, 5.74) is 29.2. The summed E-state index contributed by atoms with van der Waals surface area (Å²) in [6.45, 7) is 10.0. The molecule has 0 saturated carbocycles. The molecular formula is C42H39N. The highest BCUT2D eigenvalue weighted by atomic mass is 14.7. The molecule has 0 radical (unpaired) electrons. The number of rotatable bonds is 10. The van der Waals surface area contributed by atoms with E-state index in [1.165, 1.54) is 76.6 Å². The van der Waals surface area contributed by atoms with Crippen molar-refractivity contribution < 1.29 is 0 Å². The first-order chi connectivity index (χ1) is 21.1. The third-order valence-electron chi connectivity index (χ3n) is 8.46. The Balaban J connectivity index is 1.60. The quantitative estimate of drug-likeness (QED) is 0.140. The average Bonchev–Trinajstić information content (AvgIpc) is 3.29. The molecule has 5 rings (SSSR count). The minimum absolute atomic E-state index is 0.296. The van der Waals surface area contributed by atoms with Crippen LogP contribution in [0.15, 0.2) is 126 Å². The van der Waals surface area contributed by atoms with E-state index in [4.69, 9.17) is 0 Å². The zero-order valence-electron chi connectivity index (χ0n) is 25.7. The van der Waals surface area contributed by atoms with Gasteiger partial charge < -0.3 is 0 Å². The van der Waals surface area contributed by atoms with E-state index in [1.807, 2.05) is 6.20 Å². The second-order valence-electron chi connectivity index (χ2n) is 11.6. The molecule has 1 aliphatic rings. The number of aryl methyl sites for hydroxylation is 2. The molecular weight excluding hydrogens is 518 g/mol. The Morgan fingerprint density at radius 1 is 0.674 bits per heavy atom. The van der Waals surface area contributed by atoms with Gasteiger partial charge in [0.1, 0.15) is 0 Å². The highest BCUT2D eigenvalue weighted by Crippen LogP contribution is 2.53. The number of pyridine rings is 1. The van der Waals surface area contributed by atoms with Gasteiger partial charge in [0, 0.05) is 17.2 Å². The van der Waals surface area contributed by atoms with E-state index in [1.54, 1.807) is 0 Å². The second kappa shape index (κ2) is 13.9. The first-order valence-electron chi connectivity index (χ1n) is 15.5. The number of nitrogens with zero attached hydrogens (tertiary/aromatic N) is 1. The minimum Gasteiger partial charge on any atom is -0.256 e. The summed E-state index contributed by atoms with van der Waals surface area (Å²) in [6.07, 6.45) is 12.7. The molecule has 1 atom stereocenters. The monoisotopic (exact) mass is 557 g/mol. The summed E-state index contributed by atoms with van der Waals surface area (Å²) in [6, 6.07) is 26.8. The Kier molecular flexibility index (Phi) is 9.63. The van der Waals surface area contributed by atoms with Gasteiger partial charge in [-0.25, -0.2) is 0 Å². The van der Waals surface area contributed by atoms with Gasteiger partial charge in [0.15, 0.2) is 0 Å². The van der Waals surface area contributed by atoms with Crippen molar-refractivity contribution in [3.8, 4) is 33.5 Å². The fourth-order valence-corrected chi connectivity index (χ4v) is 6.19. The van der Waals surface area contributed by atoms with Gasteiger partial charge in [-0.05, 0) is 107 Å². The van der Waals surface area contributed by atoms with Crippen molar-refractivity contribution in [2.24, 2.45) is 0 Å². The molecule has 0 amide bonds. The second-order valence-corrected chi connectivity index (χ2v) is 11.6. The summed E-state index contributed by atoms with van der Waals surface area (Å²) >= 11 is 0. The Hall–Kier alpha value is -4.77. The van der Waals surface area contributed by atoms with Crippen LogP contribution in [-0.2, 0) is 5.41 Å². The zero-order valence-corrected chi connectivity index (χ0v) is 25.7. The van der Waals surface area contributed by atoms with Crippen LogP contribution < -0.4 is 0 Å². The molecule has 1 heterocycles. The van der Waals surface area contributed by atoms with Crippen molar-refractivity contribution in [3.63, 3.8) is 0 Å². The highest BCUT2D eigenvalue weighted by molar-refractivity contribution is 5.85. The van der Waals surface area contributed by atoms with Crippen LogP contribution in [0.25, 0.3) is 33.5 Å². The van der Waals surface area contributed by atoms with Gasteiger partial charge in [0.05, 0.1) is 5.69 Å². The molecule has 0 N–H and O–H groups in total. The normalized spacial score (nSPS) is 14.2. The molecule has 1 heteroatoms. The van der Waals surface area contributed by atoms with E-state index in [9.17, 15) is 0 Å². The predicted octanol–water partition coefficient (Wildman–Crippen LogP) is 11.2. The molecule has 1 aromatic heterocycles. The lowest BCUT2D eigenvalue weighted by atomic mass is 9.73. The van der Waals surface area contributed by atoms with Crippen molar-refractivity contribution >= 4 is 0 Å². The van der Waals surface area contributed by atoms with E-state index in [2.05, 4.69) is 146 Å². The summed E-state index contributed by atoms with van der Waals surface area (Å²) in [4.78, 5) is 4.61. The van der Waals surface area contributed by atoms with Gasteiger partial charge in [-0.1, -0.05) is 123 Å². The summed E-state index contributed by atoms with van der Waals surface area (Å²) < 4.78 is 0. The highest BCUT2D eigenvalue weighted by Gasteiger charge is 2.41. The Labute approximate surface area is 257 Å². The van der Waals surface area contributed by atoms with Crippen molar-refractivity contribution in [1.82, 2.24) is 4.98 Å². The third kappa shape index (κ3) is 6.67. The van der Waals surface area contributed by atoms with Crippen LogP contribution in [0.3, 0.4) is 0 Å². The Bertz CT molecular complexity index is 1830. The molecule has 4 aromatic rings. The Morgan fingerprint density at radius 2 is 1.33 bits per heavy atom. The molecule has 0 spiro atoms. The van der Waals surface area contributed by atoms with Crippen molar-refractivity contribution in [1.29, 1.82) is 0 Å². The number of allylic oxidation sites excluding steroid dienone is 1. The van der Waals surface area contributed by atoms with Crippen LogP contribution >= 0.6 is 0 Å². The van der Waals surface area contributed by atoms with Crippen LogP contribution in [0, 0.1) is 13.8 Å². The zero-order chi connectivity index (χ0) is 30.1. The van der Waals surface area contributed by atoms with Crippen LogP contribution in [0.5, 0.6) is 0 Å².